The second kappa shape index (κ2) is 9.68. The summed E-state index contributed by atoms with van der Waals surface area (Å²) < 4.78 is 39.1. The molecule has 182 valence electrons. The van der Waals surface area contributed by atoms with Gasteiger partial charge in [-0.15, -0.1) is 0 Å². The van der Waals surface area contributed by atoms with Crippen molar-refractivity contribution in [2.75, 3.05) is 13.1 Å². The van der Waals surface area contributed by atoms with E-state index in [2.05, 4.69) is 5.32 Å². The molecule has 0 radical (unpaired) electrons. The summed E-state index contributed by atoms with van der Waals surface area (Å²) in [6.07, 6.45) is -1.98. The van der Waals surface area contributed by atoms with Crippen molar-refractivity contribution in [3.8, 4) is 0 Å². The van der Waals surface area contributed by atoms with Crippen LogP contribution >= 0.6 is 0 Å². The normalized spacial score (nSPS) is 25.3. The van der Waals surface area contributed by atoms with E-state index in [-0.39, 0.29) is 36.0 Å². The number of halogens is 3. The maximum atomic E-state index is 13.5. The largest absolute Gasteiger partial charge is 0.416 e. The molecule has 2 saturated heterocycles. The van der Waals surface area contributed by atoms with Crippen LogP contribution in [0.25, 0.3) is 0 Å². The van der Waals surface area contributed by atoms with Crippen molar-refractivity contribution in [3.05, 3.63) is 71.3 Å². The van der Waals surface area contributed by atoms with E-state index >= 15 is 0 Å². The van der Waals surface area contributed by atoms with E-state index in [9.17, 15) is 22.8 Å². The molecular weight excluding hydrogens is 443 g/mol. The molecule has 3 amide bonds. The number of hydrogen-bond donors (Lipinski definition) is 1. The third-order valence-electron chi connectivity index (χ3n) is 6.97. The summed E-state index contributed by atoms with van der Waals surface area (Å²) in [5.74, 6) is -0.414. The summed E-state index contributed by atoms with van der Waals surface area (Å²) in [4.78, 5) is 29.9. The lowest BCUT2D eigenvalue weighted by Gasteiger charge is -2.41. The monoisotopic (exact) mass is 473 g/mol. The molecule has 1 N–H and O–H groups in total. The molecule has 0 spiro atoms. The summed E-state index contributed by atoms with van der Waals surface area (Å²) >= 11 is 0. The molecule has 2 aliphatic heterocycles. The van der Waals surface area contributed by atoms with Crippen LogP contribution < -0.4 is 5.32 Å². The maximum absolute atomic E-state index is 13.5. The Balaban J connectivity index is 1.57. The van der Waals surface area contributed by atoms with Crippen LogP contribution in [0.3, 0.4) is 0 Å². The minimum atomic E-state index is -4.40. The molecule has 2 fully saturated rings. The summed E-state index contributed by atoms with van der Waals surface area (Å²) in [5, 5.41) is 3.04. The number of likely N-dealkylation sites (tertiary alicyclic amines) is 2. The average molecular weight is 474 g/mol. The van der Waals surface area contributed by atoms with Crippen LogP contribution in [-0.2, 0) is 6.18 Å². The minimum Gasteiger partial charge on any atom is -0.347 e. The van der Waals surface area contributed by atoms with Gasteiger partial charge in [0.1, 0.15) is 0 Å². The number of carbonyl (C=O) groups is 2. The van der Waals surface area contributed by atoms with Crippen molar-refractivity contribution in [2.24, 2.45) is 0 Å². The van der Waals surface area contributed by atoms with Gasteiger partial charge in [-0.2, -0.15) is 13.2 Å². The Hall–Kier alpha value is -3.03. The van der Waals surface area contributed by atoms with Gasteiger partial charge in [0.2, 0.25) is 0 Å². The van der Waals surface area contributed by atoms with Crippen molar-refractivity contribution in [3.63, 3.8) is 0 Å². The number of amides is 3. The van der Waals surface area contributed by atoms with E-state index in [4.69, 9.17) is 0 Å². The molecule has 4 rings (SSSR count). The van der Waals surface area contributed by atoms with Crippen LogP contribution in [-0.4, -0.2) is 53.0 Å². The van der Waals surface area contributed by atoms with Gasteiger partial charge in [0, 0.05) is 42.7 Å². The van der Waals surface area contributed by atoms with E-state index in [1.807, 2.05) is 24.8 Å². The molecule has 0 aromatic heterocycles. The Morgan fingerprint density at radius 2 is 1.53 bits per heavy atom. The number of hydrogen-bond acceptors (Lipinski definition) is 2. The molecular formula is C26H30F3N3O2. The number of carbonyl (C=O) groups excluding carboxylic acids is 2. The molecule has 2 unspecified atom stereocenters. The fraction of sp³-hybridized carbons (Fsp3) is 0.462. The summed E-state index contributed by atoms with van der Waals surface area (Å²) in [5.41, 5.74) is 0.555. The summed E-state index contributed by atoms with van der Waals surface area (Å²) in [6.45, 7) is 4.84. The van der Waals surface area contributed by atoms with Crippen molar-refractivity contribution in [1.82, 2.24) is 15.1 Å². The van der Waals surface area contributed by atoms with Gasteiger partial charge in [0.05, 0.1) is 5.56 Å². The third kappa shape index (κ3) is 5.21. The number of urea groups is 1. The molecule has 0 aliphatic carbocycles. The summed E-state index contributed by atoms with van der Waals surface area (Å²) in [7, 11) is 0. The third-order valence-corrected chi connectivity index (χ3v) is 6.97. The Morgan fingerprint density at radius 3 is 2.12 bits per heavy atom. The Labute approximate surface area is 197 Å². The highest BCUT2D eigenvalue weighted by Crippen LogP contribution is 2.34. The molecule has 0 bridgehead atoms. The number of nitrogens with zero attached hydrogens (tertiary/aromatic N) is 2. The number of rotatable bonds is 3. The first kappa shape index (κ1) is 24.1. The van der Waals surface area contributed by atoms with Gasteiger partial charge in [-0.1, -0.05) is 30.3 Å². The van der Waals surface area contributed by atoms with Crippen molar-refractivity contribution in [1.29, 1.82) is 0 Å². The predicted molar refractivity (Wildman–Crippen MR) is 123 cm³/mol. The van der Waals surface area contributed by atoms with Gasteiger partial charge < -0.3 is 15.1 Å². The number of piperidine rings is 1. The quantitative estimate of drug-likeness (QED) is 0.659. The van der Waals surface area contributed by atoms with Crippen LogP contribution in [0.1, 0.15) is 60.5 Å². The van der Waals surface area contributed by atoms with Gasteiger partial charge in [-0.25, -0.2) is 4.79 Å². The first-order chi connectivity index (χ1) is 16.1. The molecule has 2 aromatic rings. The second-order valence-corrected chi connectivity index (χ2v) is 9.46. The van der Waals surface area contributed by atoms with E-state index in [1.165, 1.54) is 12.1 Å². The second-order valence-electron chi connectivity index (χ2n) is 9.46. The van der Waals surface area contributed by atoms with Gasteiger partial charge in [-0.05, 0) is 62.9 Å². The lowest BCUT2D eigenvalue weighted by molar-refractivity contribution is -0.137. The topological polar surface area (TPSA) is 52.7 Å². The van der Waals surface area contributed by atoms with Crippen LogP contribution in [0.5, 0.6) is 0 Å². The average Bonchev–Trinajstić information content (AvgIpc) is 3.16. The van der Waals surface area contributed by atoms with Crippen LogP contribution in [0.15, 0.2) is 54.6 Å². The van der Waals surface area contributed by atoms with Crippen LogP contribution in [0.2, 0.25) is 0 Å². The first-order valence-corrected chi connectivity index (χ1v) is 11.7. The lowest BCUT2D eigenvalue weighted by atomic mass is 9.87. The smallest absolute Gasteiger partial charge is 0.347 e. The zero-order valence-electron chi connectivity index (χ0n) is 19.4. The number of benzene rings is 2. The molecule has 0 saturated carbocycles. The lowest BCUT2D eigenvalue weighted by Crippen LogP contribution is -2.56. The highest BCUT2D eigenvalue weighted by Gasteiger charge is 2.39. The molecule has 34 heavy (non-hydrogen) atoms. The van der Waals surface area contributed by atoms with Crippen molar-refractivity contribution in [2.45, 2.75) is 63.3 Å². The highest BCUT2D eigenvalue weighted by atomic mass is 19.4. The molecule has 2 heterocycles. The highest BCUT2D eigenvalue weighted by molar-refractivity contribution is 5.94. The van der Waals surface area contributed by atoms with Gasteiger partial charge in [0.25, 0.3) is 5.91 Å². The SMILES string of the molecule is C[C@@H]1CC[C@@H](C)N1C(=O)N1CC(NC(=O)c2ccccc2)CC(c2ccc(C(F)(F)F)cc2)C1. The first-order valence-electron chi connectivity index (χ1n) is 11.7. The van der Waals surface area contributed by atoms with Gasteiger partial charge >= 0.3 is 12.2 Å². The van der Waals surface area contributed by atoms with Gasteiger partial charge in [-0.3, -0.25) is 4.79 Å². The van der Waals surface area contributed by atoms with Crippen LogP contribution in [0.4, 0.5) is 18.0 Å². The van der Waals surface area contributed by atoms with Crippen molar-refractivity contribution >= 4 is 11.9 Å². The zero-order valence-corrected chi connectivity index (χ0v) is 19.4. The summed E-state index contributed by atoms with van der Waals surface area (Å²) in [6, 6.07) is 13.9. The number of nitrogens with one attached hydrogen (secondary N) is 1. The van der Waals surface area contributed by atoms with E-state index < -0.39 is 11.7 Å². The Morgan fingerprint density at radius 1 is 0.912 bits per heavy atom. The molecule has 4 atom stereocenters. The Kier molecular flexibility index (Phi) is 6.86. The fourth-order valence-corrected chi connectivity index (χ4v) is 5.14. The van der Waals surface area contributed by atoms with E-state index in [0.717, 1.165) is 30.5 Å². The standard InChI is InChI=1S/C26H30F3N3O2/c1-17-8-9-18(2)32(17)25(34)31-15-21(19-10-12-22(13-11-19)26(27,28)29)14-23(16-31)30-24(33)20-6-4-3-5-7-20/h3-7,10-13,17-18,21,23H,8-9,14-16H2,1-2H3,(H,30,33)/t17-,18-,21?,23?/m1/s1. The van der Waals surface area contributed by atoms with Crippen molar-refractivity contribution < 1.29 is 22.8 Å². The molecule has 2 aromatic carbocycles. The fourth-order valence-electron chi connectivity index (χ4n) is 5.14. The van der Waals surface area contributed by atoms with Gasteiger partial charge in [0.15, 0.2) is 0 Å². The predicted octanol–water partition coefficient (Wildman–Crippen LogP) is 5.29. The molecule has 8 heteroatoms. The number of alkyl halides is 3. The maximum Gasteiger partial charge on any atom is 0.416 e. The minimum absolute atomic E-state index is 0.0759. The molecule has 5 nitrogen and oxygen atoms in total. The van der Waals surface area contributed by atoms with E-state index in [0.29, 0.717) is 25.1 Å². The Bertz CT molecular complexity index is 1000. The zero-order chi connectivity index (χ0) is 24.5. The van der Waals surface area contributed by atoms with Crippen LogP contribution in [0, 0.1) is 0 Å². The molecule has 2 aliphatic rings. The van der Waals surface area contributed by atoms with E-state index in [1.54, 1.807) is 29.2 Å².